The molecule has 0 saturated heterocycles. The van der Waals surface area contributed by atoms with Crippen LogP contribution in [0.1, 0.15) is 18.9 Å². The van der Waals surface area contributed by atoms with Crippen molar-refractivity contribution in [2.24, 2.45) is 0 Å². The summed E-state index contributed by atoms with van der Waals surface area (Å²) in [5, 5.41) is 0.673. The Balaban J connectivity index is 2.20. The van der Waals surface area contributed by atoms with Crippen LogP contribution in [-0.2, 0) is 0 Å². The van der Waals surface area contributed by atoms with E-state index in [2.05, 4.69) is 4.98 Å². The van der Waals surface area contributed by atoms with Gasteiger partial charge in [0.15, 0.2) is 0 Å². The van der Waals surface area contributed by atoms with E-state index in [0.717, 1.165) is 12.0 Å². The van der Waals surface area contributed by atoms with Crippen LogP contribution in [0.4, 0.5) is 5.69 Å². The van der Waals surface area contributed by atoms with Gasteiger partial charge in [-0.2, -0.15) is 4.98 Å². The van der Waals surface area contributed by atoms with Crippen molar-refractivity contribution in [3.05, 3.63) is 40.9 Å². The van der Waals surface area contributed by atoms with Crippen LogP contribution in [0.15, 0.2) is 30.3 Å². The second kappa shape index (κ2) is 6.48. The van der Waals surface area contributed by atoms with Crippen LogP contribution < -0.4 is 15.2 Å². The third kappa shape index (κ3) is 3.54. The Morgan fingerprint density at radius 3 is 2.75 bits per heavy atom. The highest BCUT2D eigenvalue weighted by Gasteiger charge is 2.07. The van der Waals surface area contributed by atoms with Gasteiger partial charge >= 0.3 is 0 Å². The van der Waals surface area contributed by atoms with Crippen molar-refractivity contribution in [2.45, 2.75) is 20.3 Å². The minimum atomic E-state index is 0.399. The number of aryl methyl sites for hydroxylation is 1. The standard InChI is InChI=1S/C15H17ClN2O2/c1-3-8-19-15-12(17)5-7-14(18-15)20-13-6-4-11(16)9-10(13)2/h4-7,9H,3,8,17H2,1-2H3. The summed E-state index contributed by atoms with van der Waals surface area (Å²) in [6, 6.07) is 8.85. The Hall–Kier alpha value is -1.94. The van der Waals surface area contributed by atoms with Crippen molar-refractivity contribution in [3.63, 3.8) is 0 Å². The first-order chi connectivity index (χ1) is 9.60. The second-order valence-electron chi connectivity index (χ2n) is 4.40. The maximum absolute atomic E-state index is 5.92. The summed E-state index contributed by atoms with van der Waals surface area (Å²) in [7, 11) is 0. The molecule has 20 heavy (non-hydrogen) atoms. The van der Waals surface area contributed by atoms with Gasteiger partial charge in [-0.3, -0.25) is 0 Å². The molecule has 0 bridgehead atoms. The predicted molar refractivity (Wildman–Crippen MR) is 80.7 cm³/mol. The highest BCUT2D eigenvalue weighted by molar-refractivity contribution is 6.30. The molecule has 0 aliphatic carbocycles. The Bertz CT molecular complexity index is 602. The minimum absolute atomic E-state index is 0.399. The number of ether oxygens (including phenoxy) is 2. The van der Waals surface area contributed by atoms with Crippen LogP contribution in [0.2, 0.25) is 5.02 Å². The normalized spacial score (nSPS) is 10.3. The molecule has 106 valence electrons. The zero-order valence-electron chi connectivity index (χ0n) is 11.5. The monoisotopic (exact) mass is 292 g/mol. The third-order valence-corrected chi connectivity index (χ3v) is 2.89. The third-order valence-electron chi connectivity index (χ3n) is 2.66. The van der Waals surface area contributed by atoms with E-state index in [0.29, 0.717) is 34.8 Å². The Morgan fingerprint density at radius 1 is 1.25 bits per heavy atom. The molecule has 0 spiro atoms. The fourth-order valence-corrected chi connectivity index (χ4v) is 1.87. The summed E-state index contributed by atoms with van der Waals surface area (Å²) in [6.07, 6.45) is 0.891. The van der Waals surface area contributed by atoms with Crippen molar-refractivity contribution < 1.29 is 9.47 Å². The first-order valence-electron chi connectivity index (χ1n) is 6.43. The molecule has 0 saturated carbocycles. The highest BCUT2D eigenvalue weighted by Crippen LogP contribution is 2.29. The number of nitrogens with two attached hydrogens (primary N) is 1. The maximum atomic E-state index is 5.92. The molecular formula is C15H17ClN2O2. The van der Waals surface area contributed by atoms with Crippen molar-refractivity contribution in [2.75, 3.05) is 12.3 Å². The van der Waals surface area contributed by atoms with Gasteiger partial charge in [0.1, 0.15) is 5.75 Å². The average Bonchev–Trinajstić information content (AvgIpc) is 2.42. The Morgan fingerprint density at radius 2 is 2.05 bits per heavy atom. The summed E-state index contributed by atoms with van der Waals surface area (Å²) in [5.74, 6) is 1.54. The molecule has 0 aliphatic rings. The second-order valence-corrected chi connectivity index (χ2v) is 4.84. The molecule has 0 fully saturated rings. The zero-order chi connectivity index (χ0) is 14.5. The molecule has 1 aromatic heterocycles. The summed E-state index contributed by atoms with van der Waals surface area (Å²) in [6.45, 7) is 4.52. The number of hydrogen-bond acceptors (Lipinski definition) is 4. The van der Waals surface area contributed by atoms with Crippen LogP contribution in [-0.4, -0.2) is 11.6 Å². The lowest BCUT2D eigenvalue weighted by atomic mass is 10.2. The first kappa shape index (κ1) is 14.5. The zero-order valence-corrected chi connectivity index (χ0v) is 12.3. The summed E-state index contributed by atoms with van der Waals surface area (Å²) >= 11 is 5.92. The maximum Gasteiger partial charge on any atom is 0.240 e. The molecule has 5 heteroatoms. The lowest BCUT2D eigenvalue weighted by Gasteiger charge is -2.11. The fraction of sp³-hybridized carbons (Fsp3) is 0.267. The molecule has 0 amide bonds. The van der Waals surface area contributed by atoms with Gasteiger partial charge in [-0.15, -0.1) is 0 Å². The summed E-state index contributed by atoms with van der Waals surface area (Å²) in [5.41, 5.74) is 7.25. The molecule has 2 rings (SSSR count). The van der Waals surface area contributed by atoms with Gasteiger partial charge < -0.3 is 15.2 Å². The van der Waals surface area contributed by atoms with Gasteiger partial charge in [-0.1, -0.05) is 18.5 Å². The smallest absolute Gasteiger partial charge is 0.240 e. The van der Waals surface area contributed by atoms with Gasteiger partial charge in [0.2, 0.25) is 11.8 Å². The van der Waals surface area contributed by atoms with Crippen molar-refractivity contribution in [1.29, 1.82) is 0 Å². The number of rotatable bonds is 5. The number of halogens is 1. The lowest BCUT2D eigenvalue weighted by molar-refractivity contribution is 0.302. The van der Waals surface area contributed by atoms with E-state index in [4.69, 9.17) is 26.8 Å². The number of anilines is 1. The molecule has 4 nitrogen and oxygen atoms in total. The topological polar surface area (TPSA) is 57.4 Å². The molecule has 2 N–H and O–H groups in total. The summed E-state index contributed by atoms with van der Waals surface area (Å²) < 4.78 is 11.2. The summed E-state index contributed by atoms with van der Waals surface area (Å²) in [4.78, 5) is 4.27. The van der Waals surface area contributed by atoms with Crippen molar-refractivity contribution in [3.8, 4) is 17.5 Å². The molecule has 0 aliphatic heterocycles. The molecule has 0 unspecified atom stereocenters. The lowest BCUT2D eigenvalue weighted by Crippen LogP contribution is -2.02. The number of nitrogens with zero attached hydrogens (tertiary/aromatic N) is 1. The average molecular weight is 293 g/mol. The minimum Gasteiger partial charge on any atom is -0.476 e. The number of nitrogen functional groups attached to an aromatic ring is 1. The number of hydrogen-bond donors (Lipinski definition) is 1. The Labute approximate surface area is 123 Å². The van der Waals surface area contributed by atoms with Gasteiger partial charge in [-0.25, -0.2) is 0 Å². The van der Waals surface area contributed by atoms with Crippen molar-refractivity contribution in [1.82, 2.24) is 4.98 Å². The Kier molecular flexibility index (Phi) is 4.69. The van der Waals surface area contributed by atoms with Gasteiger partial charge in [-0.05, 0) is 43.2 Å². The van der Waals surface area contributed by atoms with E-state index in [1.807, 2.05) is 26.0 Å². The SMILES string of the molecule is CCCOc1nc(Oc2ccc(Cl)cc2C)ccc1N. The van der Waals surface area contributed by atoms with Crippen LogP contribution in [0, 0.1) is 6.92 Å². The van der Waals surface area contributed by atoms with E-state index in [9.17, 15) is 0 Å². The largest absolute Gasteiger partial charge is 0.476 e. The van der Waals surface area contributed by atoms with E-state index in [1.165, 1.54) is 0 Å². The van der Waals surface area contributed by atoms with Gasteiger partial charge in [0.25, 0.3) is 0 Å². The van der Waals surface area contributed by atoms with E-state index < -0.39 is 0 Å². The molecule has 0 atom stereocenters. The van der Waals surface area contributed by atoms with E-state index in [1.54, 1.807) is 18.2 Å². The molecule has 0 radical (unpaired) electrons. The van der Waals surface area contributed by atoms with Crippen LogP contribution >= 0.6 is 11.6 Å². The molecule has 2 aromatic rings. The molecule has 1 aromatic carbocycles. The highest BCUT2D eigenvalue weighted by atomic mass is 35.5. The number of benzene rings is 1. The number of pyridine rings is 1. The first-order valence-corrected chi connectivity index (χ1v) is 6.81. The fourth-order valence-electron chi connectivity index (χ4n) is 1.65. The predicted octanol–water partition coefficient (Wildman–Crippen LogP) is 4.21. The quantitative estimate of drug-likeness (QED) is 0.897. The van der Waals surface area contributed by atoms with Crippen LogP contribution in [0.5, 0.6) is 17.5 Å². The van der Waals surface area contributed by atoms with Gasteiger partial charge in [0, 0.05) is 11.1 Å². The number of aromatic nitrogens is 1. The van der Waals surface area contributed by atoms with E-state index in [-0.39, 0.29) is 0 Å². The van der Waals surface area contributed by atoms with Crippen molar-refractivity contribution >= 4 is 17.3 Å². The van der Waals surface area contributed by atoms with Gasteiger partial charge in [0.05, 0.1) is 12.3 Å². The molecule has 1 heterocycles. The van der Waals surface area contributed by atoms with Crippen LogP contribution in [0.3, 0.4) is 0 Å². The van der Waals surface area contributed by atoms with E-state index >= 15 is 0 Å². The molecular weight excluding hydrogens is 276 g/mol. The van der Waals surface area contributed by atoms with Crippen LogP contribution in [0.25, 0.3) is 0 Å².